The first kappa shape index (κ1) is 14.4. The zero-order chi connectivity index (χ0) is 13.1. The number of hydrogen-bond acceptors (Lipinski definition) is 3. The molecule has 0 amide bonds. The van der Waals surface area contributed by atoms with Crippen molar-refractivity contribution in [3.8, 4) is 0 Å². The molecular weight excluding hydrogens is 359 g/mol. The molecule has 0 radical (unpaired) electrons. The van der Waals surface area contributed by atoms with E-state index in [0.29, 0.717) is 11.2 Å². The van der Waals surface area contributed by atoms with Gasteiger partial charge >= 0.3 is 0 Å². The molecule has 1 N–H and O–H groups in total. The Morgan fingerprint density at radius 1 is 1.50 bits per heavy atom. The van der Waals surface area contributed by atoms with Crippen LogP contribution in [0.2, 0.25) is 0 Å². The van der Waals surface area contributed by atoms with E-state index >= 15 is 0 Å². The van der Waals surface area contributed by atoms with Crippen LogP contribution in [0.1, 0.15) is 49.9 Å². The third-order valence-electron chi connectivity index (χ3n) is 3.04. The van der Waals surface area contributed by atoms with E-state index in [1.54, 1.807) is 0 Å². The number of thioether (sulfide) groups is 1. The Morgan fingerprint density at radius 2 is 2.28 bits per heavy atom. The highest BCUT2D eigenvalue weighted by atomic mass is 127. The molecule has 1 aromatic rings. The van der Waals surface area contributed by atoms with E-state index in [9.17, 15) is 4.79 Å². The molecule has 18 heavy (non-hydrogen) atoms. The van der Waals surface area contributed by atoms with Gasteiger partial charge in [0.2, 0.25) is 0 Å². The Labute approximate surface area is 126 Å². The van der Waals surface area contributed by atoms with Crippen LogP contribution in [-0.2, 0) is 6.42 Å². The molecule has 0 spiro atoms. The first-order chi connectivity index (χ1) is 8.58. The molecular formula is C13H19IN2OS. The van der Waals surface area contributed by atoms with Gasteiger partial charge in [-0.2, -0.15) is 11.8 Å². The summed E-state index contributed by atoms with van der Waals surface area (Å²) in [5.41, 5.74) is 0.998. The molecule has 3 nitrogen and oxygen atoms in total. The van der Waals surface area contributed by atoms with Gasteiger partial charge in [0.25, 0.3) is 5.56 Å². The van der Waals surface area contributed by atoms with E-state index < -0.39 is 0 Å². The zero-order valence-electron chi connectivity index (χ0n) is 10.8. The van der Waals surface area contributed by atoms with Gasteiger partial charge in [-0.05, 0) is 53.5 Å². The maximum absolute atomic E-state index is 12.0. The molecule has 1 saturated heterocycles. The Balaban J connectivity index is 2.30. The predicted octanol–water partition coefficient (Wildman–Crippen LogP) is 3.53. The third kappa shape index (κ3) is 3.50. The third-order valence-corrected chi connectivity index (χ3v) is 5.53. The second-order valence-corrected chi connectivity index (χ2v) is 7.55. The largest absolute Gasteiger partial charge is 0.309 e. The van der Waals surface area contributed by atoms with Crippen LogP contribution in [0.3, 0.4) is 0 Å². The molecule has 0 aromatic carbocycles. The molecule has 0 aliphatic carbocycles. The van der Waals surface area contributed by atoms with Crippen molar-refractivity contribution in [2.45, 2.75) is 44.8 Å². The van der Waals surface area contributed by atoms with E-state index in [-0.39, 0.29) is 5.56 Å². The Kier molecular flexibility index (Phi) is 5.12. The highest BCUT2D eigenvalue weighted by Gasteiger charge is 2.20. The quantitative estimate of drug-likeness (QED) is 0.819. The fourth-order valence-corrected chi connectivity index (χ4v) is 3.89. The van der Waals surface area contributed by atoms with Gasteiger partial charge in [-0.1, -0.05) is 20.3 Å². The lowest BCUT2D eigenvalue weighted by atomic mass is 10.1. The van der Waals surface area contributed by atoms with Crippen molar-refractivity contribution >= 4 is 34.4 Å². The van der Waals surface area contributed by atoms with Gasteiger partial charge < -0.3 is 4.98 Å². The number of nitrogens with zero attached hydrogens (tertiary/aromatic N) is 1. The summed E-state index contributed by atoms with van der Waals surface area (Å²) < 4.78 is 0.755. The van der Waals surface area contributed by atoms with Crippen LogP contribution in [0.5, 0.6) is 0 Å². The van der Waals surface area contributed by atoms with Gasteiger partial charge in [0, 0.05) is 0 Å². The number of nitrogens with one attached hydrogen (secondary N) is 1. The van der Waals surface area contributed by atoms with E-state index in [0.717, 1.165) is 27.9 Å². The average molecular weight is 378 g/mol. The summed E-state index contributed by atoms with van der Waals surface area (Å²) in [6, 6.07) is 0. The standard InChI is InChI=1S/C13H19IN2OS/c1-8(2)7-9-11(14)13(17)16-12(15-9)10-5-3-4-6-18-10/h8,10H,3-7H2,1-2H3,(H,15,16,17). The zero-order valence-corrected chi connectivity index (χ0v) is 13.8. The lowest BCUT2D eigenvalue weighted by Gasteiger charge is -2.21. The van der Waals surface area contributed by atoms with Crippen LogP contribution < -0.4 is 5.56 Å². The predicted molar refractivity (Wildman–Crippen MR) is 85.2 cm³/mol. The van der Waals surface area contributed by atoms with Crippen molar-refractivity contribution in [1.29, 1.82) is 0 Å². The van der Waals surface area contributed by atoms with Crippen LogP contribution in [0.4, 0.5) is 0 Å². The van der Waals surface area contributed by atoms with Gasteiger partial charge in [0.05, 0.1) is 14.5 Å². The van der Waals surface area contributed by atoms with Crippen molar-refractivity contribution in [3.63, 3.8) is 0 Å². The van der Waals surface area contributed by atoms with Gasteiger partial charge in [-0.3, -0.25) is 4.79 Å². The second kappa shape index (κ2) is 6.41. The van der Waals surface area contributed by atoms with Crippen LogP contribution >= 0.6 is 34.4 Å². The van der Waals surface area contributed by atoms with Crippen molar-refractivity contribution in [2.24, 2.45) is 5.92 Å². The molecule has 1 aliphatic heterocycles. The summed E-state index contributed by atoms with van der Waals surface area (Å²) in [5.74, 6) is 2.60. The molecule has 5 heteroatoms. The molecule has 2 heterocycles. The maximum atomic E-state index is 12.0. The lowest BCUT2D eigenvalue weighted by molar-refractivity contribution is 0.614. The Hall–Kier alpha value is -0.0400. The number of aromatic amines is 1. The lowest BCUT2D eigenvalue weighted by Crippen LogP contribution is -2.21. The summed E-state index contributed by atoms with van der Waals surface area (Å²) in [4.78, 5) is 19.6. The van der Waals surface area contributed by atoms with Crippen LogP contribution in [0, 0.1) is 9.49 Å². The van der Waals surface area contributed by atoms with Crippen LogP contribution in [0.15, 0.2) is 4.79 Å². The topological polar surface area (TPSA) is 45.8 Å². The summed E-state index contributed by atoms with van der Waals surface area (Å²) in [7, 11) is 0. The number of hydrogen-bond donors (Lipinski definition) is 1. The molecule has 0 saturated carbocycles. The highest BCUT2D eigenvalue weighted by Crippen LogP contribution is 2.36. The number of rotatable bonds is 3. The van der Waals surface area contributed by atoms with Crippen molar-refractivity contribution in [1.82, 2.24) is 9.97 Å². The van der Waals surface area contributed by atoms with Gasteiger partial charge in [-0.25, -0.2) is 4.98 Å². The molecule has 1 aromatic heterocycles. The van der Waals surface area contributed by atoms with Crippen LogP contribution in [-0.4, -0.2) is 15.7 Å². The molecule has 1 atom stereocenters. The van der Waals surface area contributed by atoms with Crippen molar-refractivity contribution < 1.29 is 0 Å². The fraction of sp³-hybridized carbons (Fsp3) is 0.692. The van der Waals surface area contributed by atoms with Crippen LogP contribution in [0.25, 0.3) is 0 Å². The highest BCUT2D eigenvalue weighted by molar-refractivity contribution is 14.1. The summed E-state index contributed by atoms with van der Waals surface area (Å²) in [5, 5.41) is 0.384. The van der Waals surface area contributed by atoms with Gasteiger partial charge in [0.15, 0.2) is 0 Å². The van der Waals surface area contributed by atoms with E-state index in [2.05, 4.69) is 41.4 Å². The monoisotopic (exact) mass is 378 g/mol. The van der Waals surface area contributed by atoms with Gasteiger partial charge in [-0.15, -0.1) is 0 Å². The summed E-state index contributed by atoms with van der Waals surface area (Å²) in [6.07, 6.45) is 4.55. The smallest absolute Gasteiger partial charge is 0.264 e. The first-order valence-electron chi connectivity index (χ1n) is 6.48. The number of halogens is 1. The minimum absolute atomic E-state index is 0.0300. The SMILES string of the molecule is CC(C)Cc1nc(C2CCCCS2)[nH]c(=O)c1I. The fourth-order valence-electron chi connectivity index (χ4n) is 2.16. The molecule has 1 unspecified atom stereocenters. The van der Waals surface area contributed by atoms with Crippen molar-refractivity contribution in [3.05, 3.63) is 25.4 Å². The second-order valence-electron chi connectivity index (χ2n) is 5.17. The molecule has 100 valence electrons. The summed E-state index contributed by atoms with van der Waals surface area (Å²) in [6.45, 7) is 4.32. The number of aromatic nitrogens is 2. The van der Waals surface area contributed by atoms with E-state index in [4.69, 9.17) is 4.98 Å². The molecule has 1 aliphatic rings. The minimum atomic E-state index is 0.0300. The summed E-state index contributed by atoms with van der Waals surface area (Å²) >= 11 is 4.04. The number of H-pyrrole nitrogens is 1. The molecule has 1 fully saturated rings. The van der Waals surface area contributed by atoms with E-state index in [1.165, 1.54) is 18.6 Å². The van der Waals surface area contributed by atoms with E-state index in [1.807, 2.05) is 11.8 Å². The van der Waals surface area contributed by atoms with Gasteiger partial charge in [0.1, 0.15) is 5.82 Å². The molecule has 2 rings (SSSR count). The maximum Gasteiger partial charge on any atom is 0.264 e. The Morgan fingerprint density at radius 3 is 2.89 bits per heavy atom. The Bertz CT molecular complexity index is 467. The average Bonchev–Trinajstić information content (AvgIpc) is 2.35. The molecule has 0 bridgehead atoms. The minimum Gasteiger partial charge on any atom is -0.309 e. The normalized spacial score (nSPS) is 20.3. The van der Waals surface area contributed by atoms with Crippen molar-refractivity contribution in [2.75, 3.05) is 5.75 Å². The first-order valence-corrected chi connectivity index (χ1v) is 8.61.